The lowest BCUT2D eigenvalue weighted by Crippen LogP contribution is -2.28. The van der Waals surface area contributed by atoms with E-state index in [4.69, 9.17) is 4.74 Å². The fourth-order valence-corrected chi connectivity index (χ4v) is 6.04. The van der Waals surface area contributed by atoms with Crippen molar-refractivity contribution >= 4 is 32.9 Å². The van der Waals surface area contributed by atoms with Gasteiger partial charge in [-0.25, -0.2) is 0 Å². The molecule has 2 nitrogen and oxygen atoms in total. The maximum absolute atomic E-state index is 6.74. The Morgan fingerprint density at radius 3 is 2.43 bits per heavy atom. The SMILES string of the molecule is Cc1cccc2c1/C(=c1/c3ccccc3n3c1cc1ccccc13)[C@@H](OCc1ccccc1)CC2. The lowest BCUT2D eigenvalue weighted by Gasteiger charge is -2.30. The molecule has 4 aromatic carbocycles. The molecule has 0 bridgehead atoms. The van der Waals surface area contributed by atoms with Gasteiger partial charge in [-0.15, -0.1) is 0 Å². The molecule has 0 radical (unpaired) electrons. The van der Waals surface area contributed by atoms with Gasteiger partial charge in [0, 0.05) is 16.0 Å². The van der Waals surface area contributed by atoms with Crippen LogP contribution in [0.1, 0.15) is 28.7 Å². The summed E-state index contributed by atoms with van der Waals surface area (Å²) in [4.78, 5) is 0. The van der Waals surface area contributed by atoms with Crippen LogP contribution in [0.15, 0.2) is 103 Å². The van der Waals surface area contributed by atoms with Gasteiger partial charge < -0.3 is 9.14 Å². The molecule has 0 N–H and O–H groups in total. The number of fused-ring (bicyclic) bond motifs is 6. The van der Waals surface area contributed by atoms with Gasteiger partial charge in [0.05, 0.1) is 29.3 Å². The Hall–Kier alpha value is -3.88. The molecular formula is C33H27NO. The van der Waals surface area contributed by atoms with Gasteiger partial charge in [0.1, 0.15) is 0 Å². The standard InChI is InChI=1S/C33H27NO/c1-22-10-9-14-24-18-19-30(35-21-23-11-3-2-4-12-23)33(31(22)24)32-26-15-6-8-17-28(26)34-27-16-7-5-13-25(27)20-29(32)34/h2-17,20,30H,18-19,21H2,1H3/b33-32-/t30-/m0/s1. The minimum atomic E-state index is 0.0384. The Kier molecular flexibility index (Phi) is 4.75. The van der Waals surface area contributed by atoms with E-state index in [0.717, 1.165) is 12.8 Å². The predicted octanol–water partition coefficient (Wildman–Crippen LogP) is 7.00. The Morgan fingerprint density at radius 2 is 1.54 bits per heavy atom. The highest BCUT2D eigenvalue weighted by atomic mass is 16.5. The van der Waals surface area contributed by atoms with E-state index in [9.17, 15) is 0 Å². The van der Waals surface area contributed by atoms with Crippen LogP contribution in [0.2, 0.25) is 0 Å². The van der Waals surface area contributed by atoms with E-state index in [1.807, 2.05) is 0 Å². The van der Waals surface area contributed by atoms with E-state index in [1.165, 1.54) is 60.4 Å². The summed E-state index contributed by atoms with van der Waals surface area (Å²) < 4.78 is 9.18. The maximum Gasteiger partial charge on any atom is 0.0845 e. The summed E-state index contributed by atoms with van der Waals surface area (Å²) >= 11 is 0. The summed E-state index contributed by atoms with van der Waals surface area (Å²) in [6.07, 6.45) is 2.07. The lowest BCUT2D eigenvalue weighted by atomic mass is 9.81. The molecule has 0 saturated carbocycles. The molecule has 35 heavy (non-hydrogen) atoms. The first-order valence-electron chi connectivity index (χ1n) is 12.5. The zero-order valence-corrected chi connectivity index (χ0v) is 19.9. The lowest BCUT2D eigenvalue weighted by molar-refractivity contribution is 0.0708. The smallest absolute Gasteiger partial charge is 0.0845 e. The molecular weight excluding hydrogens is 426 g/mol. The Labute approximate surface area is 205 Å². The van der Waals surface area contributed by atoms with Crippen LogP contribution < -0.4 is 5.22 Å². The molecule has 0 fully saturated rings. The molecule has 6 aromatic rings. The topological polar surface area (TPSA) is 13.6 Å². The monoisotopic (exact) mass is 453 g/mol. The van der Waals surface area contributed by atoms with E-state index in [-0.39, 0.29) is 6.10 Å². The molecule has 0 spiro atoms. The minimum absolute atomic E-state index is 0.0384. The van der Waals surface area contributed by atoms with Gasteiger partial charge in [-0.2, -0.15) is 0 Å². The predicted molar refractivity (Wildman–Crippen MR) is 145 cm³/mol. The van der Waals surface area contributed by atoms with Crippen molar-refractivity contribution in [2.75, 3.05) is 0 Å². The van der Waals surface area contributed by atoms with E-state index in [2.05, 4.69) is 114 Å². The Morgan fingerprint density at radius 1 is 0.771 bits per heavy atom. The number of ether oxygens (including phenoxy) is 1. The number of aryl methyl sites for hydroxylation is 2. The van der Waals surface area contributed by atoms with Crippen LogP contribution >= 0.6 is 0 Å². The molecule has 0 unspecified atom stereocenters. The molecule has 170 valence electrons. The molecule has 0 aliphatic heterocycles. The van der Waals surface area contributed by atoms with Crippen molar-refractivity contribution in [3.05, 3.63) is 131 Å². The summed E-state index contributed by atoms with van der Waals surface area (Å²) in [5.41, 5.74) is 10.5. The van der Waals surface area contributed by atoms with Crippen LogP contribution in [0.3, 0.4) is 0 Å². The first kappa shape index (κ1) is 20.5. The number of benzene rings is 4. The van der Waals surface area contributed by atoms with Gasteiger partial charge in [-0.1, -0.05) is 84.9 Å². The highest BCUT2D eigenvalue weighted by molar-refractivity contribution is 6.01. The molecule has 2 heterocycles. The fourth-order valence-electron chi connectivity index (χ4n) is 6.04. The summed E-state index contributed by atoms with van der Waals surface area (Å²) in [6, 6.07) is 37.2. The van der Waals surface area contributed by atoms with Gasteiger partial charge in [0.15, 0.2) is 0 Å². The van der Waals surface area contributed by atoms with Crippen LogP contribution in [-0.4, -0.2) is 10.5 Å². The van der Waals surface area contributed by atoms with Crippen molar-refractivity contribution in [1.82, 2.24) is 4.40 Å². The van der Waals surface area contributed by atoms with Gasteiger partial charge in [-0.3, -0.25) is 0 Å². The van der Waals surface area contributed by atoms with Crippen molar-refractivity contribution in [2.45, 2.75) is 32.5 Å². The van der Waals surface area contributed by atoms with Crippen molar-refractivity contribution in [3.63, 3.8) is 0 Å². The number of aromatic nitrogens is 1. The van der Waals surface area contributed by atoms with E-state index in [0.29, 0.717) is 6.61 Å². The zero-order chi connectivity index (χ0) is 23.4. The summed E-state index contributed by atoms with van der Waals surface area (Å²) in [6.45, 7) is 2.86. The number of nitrogens with zero attached hydrogens (tertiary/aromatic N) is 1. The summed E-state index contributed by atoms with van der Waals surface area (Å²) in [5.74, 6) is 0. The minimum Gasteiger partial charge on any atom is -0.369 e. The quantitative estimate of drug-likeness (QED) is 0.281. The third-order valence-electron chi connectivity index (χ3n) is 7.57. The fraction of sp³-hybridized carbons (Fsp3) is 0.152. The summed E-state index contributed by atoms with van der Waals surface area (Å²) in [5, 5.41) is 3.90. The zero-order valence-electron chi connectivity index (χ0n) is 19.9. The second-order valence-corrected chi connectivity index (χ2v) is 9.66. The van der Waals surface area contributed by atoms with Crippen LogP contribution in [0.4, 0.5) is 0 Å². The van der Waals surface area contributed by atoms with Crippen molar-refractivity contribution in [3.8, 4) is 0 Å². The van der Waals surface area contributed by atoms with E-state index >= 15 is 0 Å². The highest BCUT2D eigenvalue weighted by Crippen LogP contribution is 2.36. The maximum atomic E-state index is 6.74. The number of hydrogen-bond donors (Lipinski definition) is 0. The van der Waals surface area contributed by atoms with Crippen LogP contribution in [0, 0.1) is 6.92 Å². The van der Waals surface area contributed by atoms with Crippen LogP contribution in [0.5, 0.6) is 0 Å². The Balaban J connectivity index is 1.58. The number of hydrogen-bond acceptors (Lipinski definition) is 1. The van der Waals surface area contributed by atoms with E-state index < -0.39 is 0 Å². The van der Waals surface area contributed by atoms with Crippen molar-refractivity contribution in [2.24, 2.45) is 0 Å². The molecule has 1 aliphatic rings. The number of para-hydroxylation sites is 2. The summed E-state index contributed by atoms with van der Waals surface area (Å²) in [7, 11) is 0. The molecule has 7 rings (SSSR count). The van der Waals surface area contributed by atoms with Gasteiger partial charge in [-0.05, 0) is 65.8 Å². The largest absolute Gasteiger partial charge is 0.369 e. The molecule has 2 heteroatoms. The first-order chi connectivity index (χ1) is 17.3. The molecule has 0 amide bonds. The third-order valence-corrected chi connectivity index (χ3v) is 7.57. The second-order valence-electron chi connectivity index (χ2n) is 9.66. The van der Waals surface area contributed by atoms with Gasteiger partial charge in [0.25, 0.3) is 0 Å². The molecule has 2 aromatic heterocycles. The highest BCUT2D eigenvalue weighted by Gasteiger charge is 2.29. The van der Waals surface area contributed by atoms with Crippen LogP contribution in [-0.2, 0) is 17.8 Å². The van der Waals surface area contributed by atoms with Crippen molar-refractivity contribution < 1.29 is 4.74 Å². The third kappa shape index (κ3) is 3.21. The number of rotatable bonds is 3. The first-order valence-corrected chi connectivity index (χ1v) is 12.5. The van der Waals surface area contributed by atoms with Crippen molar-refractivity contribution in [1.29, 1.82) is 0 Å². The molecule has 1 aliphatic carbocycles. The average Bonchev–Trinajstić information content (AvgIpc) is 3.43. The Bertz CT molecular complexity index is 1760. The van der Waals surface area contributed by atoms with E-state index in [1.54, 1.807) is 0 Å². The molecule has 0 saturated heterocycles. The van der Waals surface area contributed by atoms with Gasteiger partial charge in [0.2, 0.25) is 0 Å². The average molecular weight is 454 g/mol. The van der Waals surface area contributed by atoms with Crippen LogP contribution in [0.25, 0.3) is 32.9 Å². The molecule has 1 atom stereocenters. The normalized spacial score (nSPS) is 17.3. The second kappa shape index (κ2) is 8.11. The van der Waals surface area contributed by atoms with Gasteiger partial charge >= 0.3 is 0 Å².